The first-order chi connectivity index (χ1) is 13.6. The molecule has 0 aromatic rings. The van der Waals surface area contributed by atoms with Crippen LogP contribution in [0.15, 0.2) is 0 Å². The number of unbranched alkanes of at least 4 members (excludes halogenated alkanes) is 18. The molecule has 3 nitrogen and oxygen atoms in total. The summed E-state index contributed by atoms with van der Waals surface area (Å²) in [6, 6.07) is 0. The van der Waals surface area contributed by atoms with Gasteiger partial charge in [-0.15, -0.1) is 0 Å². The van der Waals surface area contributed by atoms with Gasteiger partial charge in [-0.25, -0.2) is 0 Å². The first-order valence-electron chi connectivity index (χ1n) is 12.6. The average Bonchev–Trinajstić information content (AvgIpc) is 2.67. The number of hydrogen-bond donors (Lipinski definition) is 1. The second-order valence-corrected chi connectivity index (χ2v) is 10.5. The van der Waals surface area contributed by atoms with E-state index in [9.17, 15) is 9.46 Å². The topological polar surface area (TPSA) is 46.5 Å². The van der Waals surface area contributed by atoms with Gasteiger partial charge >= 0.3 is 7.60 Å². The maximum atomic E-state index is 12.0. The van der Waals surface area contributed by atoms with Crippen molar-refractivity contribution in [2.24, 2.45) is 0 Å². The second kappa shape index (κ2) is 24.9. The van der Waals surface area contributed by atoms with Crippen molar-refractivity contribution < 1.29 is 31.1 Å². The van der Waals surface area contributed by atoms with Crippen molar-refractivity contribution in [3.8, 4) is 0 Å². The number of hydrogen-bond acceptors (Lipinski definition) is 2. The van der Waals surface area contributed by atoms with Crippen LogP contribution < -0.4 is 0 Å². The zero-order valence-electron chi connectivity index (χ0n) is 19.6. The molecular formula is C24H51FeO3P. The minimum atomic E-state index is -3.34. The Hall–Kier alpha value is 0.669. The fourth-order valence-electron chi connectivity index (χ4n) is 3.66. The fraction of sp³-hybridized carbons (Fsp3) is 1.00. The van der Waals surface area contributed by atoms with Crippen LogP contribution in [0.1, 0.15) is 142 Å². The van der Waals surface area contributed by atoms with Gasteiger partial charge in [-0.2, -0.15) is 0 Å². The summed E-state index contributed by atoms with van der Waals surface area (Å²) >= 11 is 0. The summed E-state index contributed by atoms with van der Waals surface area (Å²) in [6.07, 6.45) is 25.4. The fourth-order valence-corrected chi connectivity index (χ4v) is 4.83. The van der Waals surface area contributed by atoms with E-state index in [0.717, 1.165) is 25.7 Å². The van der Waals surface area contributed by atoms with Crippen LogP contribution in [0, 0.1) is 0 Å². The summed E-state index contributed by atoms with van der Waals surface area (Å²) in [5, 5.41) is 0. The largest absolute Gasteiger partial charge is 0.328 e. The summed E-state index contributed by atoms with van der Waals surface area (Å²) in [5.41, 5.74) is 0. The Labute approximate surface area is 193 Å². The van der Waals surface area contributed by atoms with Gasteiger partial charge in [-0.1, -0.05) is 129 Å². The van der Waals surface area contributed by atoms with Crippen molar-refractivity contribution in [1.29, 1.82) is 0 Å². The summed E-state index contributed by atoms with van der Waals surface area (Å²) in [4.78, 5) is 9.91. The summed E-state index contributed by atoms with van der Waals surface area (Å²) in [7, 11) is -3.34. The van der Waals surface area contributed by atoms with E-state index in [1.165, 1.54) is 103 Å². The predicted molar refractivity (Wildman–Crippen MR) is 124 cm³/mol. The Kier molecular flexibility index (Phi) is 27.4. The third-order valence-electron chi connectivity index (χ3n) is 5.59. The third-order valence-corrected chi connectivity index (χ3v) is 7.05. The quantitative estimate of drug-likeness (QED) is 0.0913. The molecular weight excluding hydrogens is 423 g/mol. The van der Waals surface area contributed by atoms with E-state index < -0.39 is 7.60 Å². The molecule has 0 aromatic carbocycles. The Morgan fingerprint density at radius 1 is 0.552 bits per heavy atom. The molecule has 0 fully saturated rings. The zero-order chi connectivity index (χ0) is 20.8. The van der Waals surface area contributed by atoms with E-state index in [2.05, 4.69) is 13.8 Å². The van der Waals surface area contributed by atoms with Crippen molar-refractivity contribution in [2.45, 2.75) is 142 Å². The van der Waals surface area contributed by atoms with E-state index in [-0.39, 0.29) is 17.1 Å². The van der Waals surface area contributed by atoms with Gasteiger partial charge in [0.15, 0.2) is 0 Å². The molecule has 1 unspecified atom stereocenters. The van der Waals surface area contributed by atoms with Gasteiger partial charge in [-0.3, -0.25) is 4.57 Å². The van der Waals surface area contributed by atoms with E-state index in [0.29, 0.717) is 12.8 Å². The Morgan fingerprint density at radius 2 is 0.862 bits per heavy atom. The first kappa shape index (κ1) is 31.9. The molecule has 0 saturated carbocycles. The Balaban J connectivity index is 0. The number of rotatable bonds is 23. The molecule has 0 saturated heterocycles. The summed E-state index contributed by atoms with van der Waals surface area (Å²) < 4.78 is 17.3. The maximum absolute atomic E-state index is 12.0. The molecule has 0 aromatic heterocycles. The molecule has 0 heterocycles. The maximum Gasteiger partial charge on any atom is 0.328 e. The molecule has 0 rings (SSSR count). The van der Waals surface area contributed by atoms with Crippen LogP contribution in [-0.2, 0) is 26.2 Å². The van der Waals surface area contributed by atoms with Crippen LogP contribution in [0.4, 0.5) is 0 Å². The van der Waals surface area contributed by atoms with Crippen molar-refractivity contribution in [1.82, 2.24) is 0 Å². The molecule has 0 amide bonds. The Bertz CT molecular complexity index is 353. The van der Waals surface area contributed by atoms with E-state index in [4.69, 9.17) is 4.52 Å². The van der Waals surface area contributed by atoms with Crippen molar-refractivity contribution in [3.63, 3.8) is 0 Å². The van der Waals surface area contributed by atoms with Crippen molar-refractivity contribution in [2.75, 3.05) is 12.8 Å². The van der Waals surface area contributed by atoms with Crippen LogP contribution in [0.3, 0.4) is 0 Å². The van der Waals surface area contributed by atoms with Gasteiger partial charge in [0.2, 0.25) is 0 Å². The van der Waals surface area contributed by atoms with Crippen LogP contribution in [-0.4, -0.2) is 17.7 Å². The molecule has 0 aliphatic heterocycles. The van der Waals surface area contributed by atoms with Gasteiger partial charge in [0.1, 0.15) is 0 Å². The zero-order valence-corrected chi connectivity index (χ0v) is 21.6. The predicted octanol–water partition coefficient (Wildman–Crippen LogP) is 9.03. The average molecular weight is 474 g/mol. The van der Waals surface area contributed by atoms with Crippen molar-refractivity contribution >= 4 is 7.60 Å². The molecule has 178 valence electrons. The molecule has 0 aliphatic rings. The molecule has 1 atom stereocenters. The monoisotopic (exact) mass is 474 g/mol. The van der Waals surface area contributed by atoms with E-state index in [1.807, 2.05) is 0 Å². The Morgan fingerprint density at radius 3 is 1.24 bits per heavy atom. The van der Waals surface area contributed by atoms with Gasteiger partial charge in [0, 0.05) is 23.2 Å². The van der Waals surface area contributed by atoms with Crippen LogP contribution in [0.2, 0.25) is 0 Å². The minimum Gasteiger partial charge on any atom is -0.324 e. The molecule has 0 radical (unpaired) electrons. The van der Waals surface area contributed by atoms with Crippen molar-refractivity contribution in [3.05, 3.63) is 0 Å². The van der Waals surface area contributed by atoms with Crippen LogP contribution >= 0.6 is 7.60 Å². The van der Waals surface area contributed by atoms with Crippen LogP contribution in [0.25, 0.3) is 0 Å². The molecule has 5 heteroatoms. The molecule has 0 aliphatic carbocycles. The molecule has 0 bridgehead atoms. The standard InChI is InChI=1S/C24H51O3P.Fe/c1-3-5-7-9-11-13-15-17-19-21-23-27-28(25,26)24-22-20-18-16-14-12-10-8-6-4-2;/h3-24H2,1-2H3,(H,25,26);. The molecule has 29 heavy (non-hydrogen) atoms. The van der Waals surface area contributed by atoms with E-state index in [1.54, 1.807) is 0 Å². The second-order valence-electron chi connectivity index (χ2n) is 8.56. The smallest absolute Gasteiger partial charge is 0.324 e. The summed E-state index contributed by atoms with van der Waals surface area (Å²) in [6.45, 7) is 4.95. The first-order valence-corrected chi connectivity index (χ1v) is 14.3. The summed E-state index contributed by atoms with van der Waals surface area (Å²) in [5.74, 6) is 0. The molecule has 1 N–H and O–H groups in total. The SMILES string of the molecule is CCCCCCCCCCCCOP(=O)(O)CCCCCCCCCCCC.[Fe]. The van der Waals surface area contributed by atoms with Gasteiger partial charge in [0.05, 0.1) is 6.61 Å². The third kappa shape index (κ3) is 26.6. The molecule has 0 spiro atoms. The normalized spacial score (nSPS) is 13.2. The van der Waals surface area contributed by atoms with Crippen LogP contribution in [0.5, 0.6) is 0 Å². The minimum absolute atomic E-state index is 0. The van der Waals surface area contributed by atoms with Gasteiger partial charge < -0.3 is 9.42 Å². The van der Waals surface area contributed by atoms with Gasteiger partial charge in [0.25, 0.3) is 0 Å². The van der Waals surface area contributed by atoms with Gasteiger partial charge in [-0.05, 0) is 12.8 Å². The van der Waals surface area contributed by atoms with E-state index >= 15 is 0 Å².